The quantitative estimate of drug-likeness (QED) is 0.264. The topological polar surface area (TPSA) is 108 Å². The van der Waals surface area contributed by atoms with E-state index in [-0.39, 0.29) is 11.6 Å². The van der Waals surface area contributed by atoms with Gasteiger partial charge in [0, 0.05) is 23.3 Å². The predicted octanol–water partition coefficient (Wildman–Crippen LogP) is 5.93. The maximum Gasteiger partial charge on any atom is 0.417 e. The predicted molar refractivity (Wildman–Crippen MR) is 134 cm³/mol. The Morgan fingerprint density at radius 2 is 1.82 bits per heavy atom. The van der Waals surface area contributed by atoms with Crippen LogP contribution in [0, 0.1) is 11.3 Å². The van der Waals surface area contributed by atoms with Gasteiger partial charge < -0.3 is 20.3 Å². The summed E-state index contributed by atoms with van der Waals surface area (Å²) in [5, 5.41) is 34.1. The number of halogens is 3. The molecule has 7 nitrogen and oxygen atoms in total. The number of hydrogen-bond acceptors (Lipinski definition) is 6. The number of carbonyl (C=O) groups excluding carboxylic acids is 1. The fourth-order valence-corrected chi connectivity index (χ4v) is 6.06. The molecule has 3 heterocycles. The highest BCUT2D eigenvalue weighted by Gasteiger charge is 2.58. The van der Waals surface area contributed by atoms with Crippen LogP contribution in [0.3, 0.4) is 0 Å². The molecule has 0 radical (unpaired) electrons. The summed E-state index contributed by atoms with van der Waals surface area (Å²) in [6.07, 6.45) is -0.816. The van der Waals surface area contributed by atoms with E-state index >= 15 is 0 Å². The fourth-order valence-electron chi connectivity index (χ4n) is 5.09. The van der Waals surface area contributed by atoms with Gasteiger partial charge in [-0.05, 0) is 68.0 Å². The normalized spacial score (nSPS) is 21.4. The monoisotopic (exact) mass is 541 g/mol. The lowest BCUT2D eigenvalue weighted by Crippen LogP contribution is -2.23. The Kier molecular flexibility index (Phi) is 6.00. The van der Waals surface area contributed by atoms with E-state index in [1.165, 1.54) is 30.8 Å². The molecule has 0 spiro atoms. The van der Waals surface area contributed by atoms with Crippen molar-refractivity contribution in [1.82, 2.24) is 4.57 Å². The van der Waals surface area contributed by atoms with Crippen LogP contribution in [0.15, 0.2) is 59.5 Å². The summed E-state index contributed by atoms with van der Waals surface area (Å²) in [7, 11) is 0. The van der Waals surface area contributed by atoms with Gasteiger partial charge in [0.2, 0.25) is 17.7 Å². The average molecular weight is 542 g/mol. The fraction of sp³-hybridized carbons (Fsp3) is 0.259. The maximum absolute atomic E-state index is 13.6. The molecule has 2 aliphatic heterocycles. The number of fused-ring (bicyclic) bond motifs is 5. The Morgan fingerprint density at radius 3 is 2.45 bits per heavy atom. The SMILES string of the molecule is CC(=O)Nc1ccc(SCC[C@@]23C=C[C@@](C)(O2)c2c3c(O)n(-c3ccc(C#N)c(C(F)(F)F)c3)c2O)cc1. The number of nitrogens with zero attached hydrogens (tertiary/aromatic N) is 2. The molecule has 0 saturated heterocycles. The molecule has 2 atom stereocenters. The lowest BCUT2D eigenvalue weighted by atomic mass is 9.83. The standard InChI is InChI=1S/C27H22F3N3O4S/c1-15(34)32-17-4-7-19(8-5-17)38-12-11-26-10-9-25(2,37-26)21-22(26)24(36)33(23(21)35)18-6-3-16(14-31)20(13-18)27(28,29)30/h3-10,13,35-36H,11-12H2,1-2H3,(H,32,34)/t25-,26-/m1/s1. The minimum absolute atomic E-state index is 0.132. The first-order valence-corrected chi connectivity index (χ1v) is 12.6. The number of alkyl halides is 3. The summed E-state index contributed by atoms with van der Waals surface area (Å²) in [5.41, 5.74) is -2.74. The number of ether oxygens (including phenoxy) is 1. The Bertz CT molecular complexity index is 1520. The summed E-state index contributed by atoms with van der Waals surface area (Å²) in [6.45, 7) is 3.15. The van der Waals surface area contributed by atoms with Crippen molar-refractivity contribution in [3.63, 3.8) is 0 Å². The third-order valence-electron chi connectivity index (χ3n) is 6.71. The Hall–Kier alpha value is -3.88. The lowest BCUT2D eigenvalue weighted by molar-refractivity contribution is -0.137. The van der Waals surface area contributed by atoms with Crippen LogP contribution in [-0.4, -0.2) is 26.4 Å². The molecular formula is C27H22F3N3O4S. The Balaban J connectivity index is 1.46. The van der Waals surface area contributed by atoms with Gasteiger partial charge in [0.15, 0.2) is 0 Å². The van der Waals surface area contributed by atoms with E-state index in [2.05, 4.69) is 5.32 Å². The van der Waals surface area contributed by atoms with Gasteiger partial charge in [0.1, 0.15) is 11.2 Å². The Labute approximate surface area is 220 Å². The Morgan fingerprint density at radius 1 is 1.13 bits per heavy atom. The van der Waals surface area contributed by atoms with Gasteiger partial charge in [-0.15, -0.1) is 11.8 Å². The van der Waals surface area contributed by atoms with Crippen LogP contribution in [0.2, 0.25) is 0 Å². The van der Waals surface area contributed by atoms with E-state index in [1.54, 1.807) is 31.2 Å². The van der Waals surface area contributed by atoms with Crippen molar-refractivity contribution >= 4 is 23.4 Å². The van der Waals surface area contributed by atoms with Gasteiger partial charge in [-0.2, -0.15) is 18.4 Å². The first-order chi connectivity index (χ1) is 17.9. The second-order valence-corrected chi connectivity index (χ2v) is 10.5. The molecule has 38 heavy (non-hydrogen) atoms. The van der Waals surface area contributed by atoms with Gasteiger partial charge in [0.25, 0.3) is 0 Å². The number of nitrogens with one attached hydrogen (secondary N) is 1. The highest BCUT2D eigenvalue weighted by atomic mass is 32.2. The summed E-state index contributed by atoms with van der Waals surface area (Å²) in [5.74, 6) is -0.460. The van der Waals surface area contributed by atoms with E-state index in [4.69, 9.17) is 10.00 Å². The van der Waals surface area contributed by atoms with Crippen molar-refractivity contribution in [3.05, 3.63) is 76.9 Å². The molecule has 5 rings (SSSR count). The van der Waals surface area contributed by atoms with E-state index in [9.17, 15) is 28.2 Å². The first kappa shape index (κ1) is 25.8. The van der Waals surface area contributed by atoms with Gasteiger partial charge in [-0.1, -0.05) is 0 Å². The molecular weight excluding hydrogens is 519 g/mol. The molecule has 11 heteroatoms. The van der Waals surface area contributed by atoms with E-state index in [0.717, 1.165) is 21.6 Å². The minimum Gasteiger partial charge on any atom is -0.494 e. The third-order valence-corrected chi connectivity index (χ3v) is 7.72. The van der Waals surface area contributed by atoms with Crippen LogP contribution in [-0.2, 0) is 26.9 Å². The molecule has 0 fully saturated rings. The molecule has 1 aromatic heterocycles. The second-order valence-electron chi connectivity index (χ2n) is 9.31. The molecule has 0 saturated carbocycles. The van der Waals surface area contributed by atoms with Gasteiger partial charge >= 0.3 is 6.18 Å². The largest absolute Gasteiger partial charge is 0.494 e. The zero-order valence-corrected chi connectivity index (χ0v) is 21.1. The first-order valence-electron chi connectivity index (χ1n) is 11.6. The van der Waals surface area contributed by atoms with Gasteiger partial charge in [0.05, 0.1) is 34.0 Å². The number of aromatic nitrogens is 1. The molecule has 2 aromatic carbocycles. The van der Waals surface area contributed by atoms with Crippen LogP contribution < -0.4 is 5.32 Å². The number of carbonyl (C=O) groups is 1. The molecule has 2 aliphatic rings. The number of hydrogen-bond donors (Lipinski definition) is 3. The number of nitriles is 1. The zero-order chi connectivity index (χ0) is 27.5. The molecule has 196 valence electrons. The number of benzene rings is 2. The van der Waals surface area contributed by atoms with E-state index < -0.39 is 40.3 Å². The summed E-state index contributed by atoms with van der Waals surface area (Å²) in [4.78, 5) is 12.2. The van der Waals surface area contributed by atoms with Crippen molar-refractivity contribution in [2.75, 3.05) is 11.1 Å². The number of thioether (sulfide) groups is 1. The summed E-state index contributed by atoms with van der Waals surface area (Å²) < 4.78 is 48.0. The van der Waals surface area contributed by atoms with Crippen LogP contribution >= 0.6 is 11.8 Å². The molecule has 2 bridgehead atoms. The molecule has 0 aliphatic carbocycles. The van der Waals surface area contributed by atoms with Crippen molar-refractivity contribution in [3.8, 4) is 23.5 Å². The number of rotatable bonds is 6. The van der Waals surface area contributed by atoms with E-state index in [0.29, 0.717) is 29.0 Å². The number of anilines is 1. The summed E-state index contributed by atoms with van der Waals surface area (Å²) in [6, 6.07) is 11.8. The molecule has 0 unspecified atom stereocenters. The molecule has 3 aromatic rings. The average Bonchev–Trinajstić information content (AvgIpc) is 3.43. The van der Waals surface area contributed by atoms with Crippen molar-refractivity contribution in [2.45, 2.75) is 42.5 Å². The van der Waals surface area contributed by atoms with Gasteiger partial charge in [-0.25, -0.2) is 0 Å². The highest BCUT2D eigenvalue weighted by molar-refractivity contribution is 7.99. The van der Waals surface area contributed by atoms with Crippen LogP contribution in [0.4, 0.5) is 18.9 Å². The molecule has 3 N–H and O–H groups in total. The lowest BCUT2D eigenvalue weighted by Gasteiger charge is -2.25. The highest BCUT2D eigenvalue weighted by Crippen LogP contribution is 2.62. The maximum atomic E-state index is 13.6. The van der Waals surface area contributed by atoms with Crippen LogP contribution in [0.1, 0.15) is 42.5 Å². The third kappa shape index (κ3) is 4.10. The van der Waals surface area contributed by atoms with Crippen LogP contribution in [0.25, 0.3) is 5.69 Å². The van der Waals surface area contributed by atoms with Gasteiger partial charge in [-0.3, -0.25) is 9.36 Å². The summed E-state index contributed by atoms with van der Waals surface area (Å²) >= 11 is 1.53. The minimum atomic E-state index is -4.79. The van der Waals surface area contributed by atoms with Crippen LogP contribution in [0.5, 0.6) is 11.8 Å². The zero-order valence-electron chi connectivity index (χ0n) is 20.3. The number of amides is 1. The molecule has 1 amide bonds. The van der Waals surface area contributed by atoms with Crippen molar-refractivity contribution < 1.29 is 32.9 Å². The van der Waals surface area contributed by atoms with Crippen molar-refractivity contribution in [2.24, 2.45) is 0 Å². The van der Waals surface area contributed by atoms with E-state index in [1.807, 2.05) is 12.1 Å². The smallest absolute Gasteiger partial charge is 0.417 e. The second kappa shape index (κ2) is 8.85. The number of aromatic hydroxyl groups is 2. The van der Waals surface area contributed by atoms with Crippen molar-refractivity contribution in [1.29, 1.82) is 5.26 Å².